The van der Waals surface area contributed by atoms with Crippen molar-refractivity contribution in [1.82, 2.24) is 19.7 Å². The standard InChI is InChI=1S/C21H18ClN5O/c22-17-10-5-4-9-15(17)18-11-6-12-26(18)21-24-19-16(20(28)25-21)13-23-27(19)14-7-2-1-3-8-14/h1-5,7-10,13,18H,6,11-12H2,(H,24,25,28). The maximum atomic E-state index is 12.7. The lowest BCUT2D eigenvalue weighted by Gasteiger charge is -2.26. The molecule has 0 amide bonds. The van der Waals surface area contributed by atoms with Crippen molar-refractivity contribution in [2.75, 3.05) is 11.4 Å². The van der Waals surface area contributed by atoms with E-state index in [1.165, 1.54) is 0 Å². The average molecular weight is 392 g/mol. The van der Waals surface area contributed by atoms with Gasteiger partial charge in [-0.25, -0.2) is 4.68 Å². The van der Waals surface area contributed by atoms with E-state index in [1.54, 1.807) is 10.9 Å². The van der Waals surface area contributed by atoms with Gasteiger partial charge in [0.05, 0.1) is 17.9 Å². The molecule has 1 atom stereocenters. The van der Waals surface area contributed by atoms with Gasteiger partial charge in [-0.1, -0.05) is 48.0 Å². The molecule has 0 spiro atoms. The largest absolute Gasteiger partial charge is 0.335 e. The fourth-order valence-electron chi connectivity index (χ4n) is 3.89. The smallest absolute Gasteiger partial charge is 0.263 e. The number of aromatic nitrogens is 4. The normalized spacial score (nSPS) is 16.8. The Morgan fingerprint density at radius 3 is 2.68 bits per heavy atom. The number of nitrogens with one attached hydrogen (secondary N) is 1. The molecular weight excluding hydrogens is 374 g/mol. The van der Waals surface area contributed by atoms with E-state index in [9.17, 15) is 4.79 Å². The van der Waals surface area contributed by atoms with Crippen LogP contribution in [-0.2, 0) is 0 Å². The molecule has 140 valence electrons. The number of para-hydroxylation sites is 1. The Morgan fingerprint density at radius 1 is 1.07 bits per heavy atom. The van der Waals surface area contributed by atoms with Gasteiger partial charge in [0, 0.05) is 11.6 Å². The zero-order valence-electron chi connectivity index (χ0n) is 15.0. The SMILES string of the molecule is O=c1[nH]c(N2CCCC2c2ccccc2Cl)nc2c1cnn2-c1ccccc1. The maximum Gasteiger partial charge on any atom is 0.263 e. The molecule has 1 aliphatic rings. The highest BCUT2D eigenvalue weighted by Crippen LogP contribution is 2.37. The Hall–Kier alpha value is -3.12. The lowest BCUT2D eigenvalue weighted by Crippen LogP contribution is -2.27. The first-order valence-electron chi connectivity index (χ1n) is 9.27. The third-order valence-corrected chi connectivity index (χ3v) is 5.56. The van der Waals surface area contributed by atoms with Gasteiger partial charge in [-0.05, 0) is 36.6 Å². The first kappa shape index (κ1) is 17.0. The van der Waals surface area contributed by atoms with Crippen LogP contribution in [0.5, 0.6) is 0 Å². The number of fused-ring (bicyclic) bond motifs is 1. The van der Waals surface area contributed by atoms with Crippen LogP contribution in [0.25, 0.3) is 16.7 Å². The molecule has 5 rings (SSSR count). The summed E-state index contributed by atoms with van der Waals surface area (Å²) in [5, 5.41) is 5.59. The highest BCUT2D eigenvalue weighted by molar-refractivity contribution is 6.31. The van der Waals surface area contributed by atoms with E-state index in [4.69, 9.17) is 16.6 Å². The topological polar surface area (TPSA) is 66.8 Å². The summed E-state index contributed by atoms with van der Waals surface area (Å²) in [5.41, 5.74) is 2.29. The Kier molecular flexibility index (Phi) is 4.13. The van der Waals surface area contributed by atoms with Gasteiger partial charge in [0.15, 0.2) is 5.65 Å². The number of anilines is 1. The number of benzene rings is 2. The first-order chi connectivity index (χ1) is 13.7. The molecule has 28 heavy (non-hydrogen) atoms. The molecule has 1 saturated heterocycles. The number of halogens is 1. The van der Waals surface area contributed by atoms with E-state index in [0.717, 1.165) is 35.7 Å². The van der Waals surface area contributed by atoms with Gasteiger partial charge in [-0.15, -0.1) is 0 Å². The van der Waals surface area contributed by atoms with Crippen LogP contribution in [0.4, 0.5) is 5.95 Å². The quantitative estimate of drug-likeness (QED) is 0.571. The third-order valence-electron chi connectivity index (χ3n) is 5.22. The molecule has 1 aliphatic heterocycles. The highest BCUT2D eigenvalue weighted by atomic mass is 35.5. The Labute approximate surface area is 166 Å². The van der Waals surface area contributed by atoms with Crippen LogP contribution in [0.3, 0.4) is 0 Å². The van der Waals surface area contributed by atoms with E-state index in [0.29, 0.717) is 17.0 Å². The minimum Gasteiger partial charge on any atom is -0.335 e. The predicted octanol–water partition coefficient (Wildman–Crippen LogP) is 4.10. The number of aromatic amines is 1. The average Bonchev–Trinajstić information content (AvgIpc) is 3.36. The summed E-state index contributed by atoms with van der Waals surface area (Å²) in [5.74, 6) is 0.553. The Morgan fingerprint density at radius 2 is 1.86 bits per heavy atom. The van der Waals surface area contributed by atoms with Gasteiger partial charge in [0.1, 0.15) is 5.39 Å². The van der Waals surface area contributed by atoms with E-state index >= 15 is 0 Å². The predicted molar refractivity (Wildman–Crippen MR) is 110 cm³/mol. The van der Waals surface area contributed by atoms with Gasteiger partial charge in [0.25, 0.3) is 5.56 Å². The zero-order valence-corrected chi connectivity index (χ0v) is 15.8. The summed E-state index contributed by atoms with van der Waals surface area (Å²) < 4.78 is 1.70. The van der Waals surface area contributed by atoms with Crippen molar-refractivity contribution in [3.63, 3.8) is 0 Å². The van der Waals surface area contributed by atoms with Gasteiger partial charge < -0.3 is 4.90 Å². The molecular formula is C21H18ClN5O. The van der Waals surface area contributed by atoms with Crippen molar-refractivity contribution in [2.24, 2.45) is 0 Å². The second-order valence-electron chi connectivity index (χ2n) is 6.89. The van der Waals surface area contributed by atoms with Crippen LogP contribution in [0.1, 0.15) is 24.4 Å². The van der Waals surface area contributed by atoms with E-state index < -0.39 is 0 Å². The van der Waals surface area contributed by atoms with Gasteiger partial charge in [-0.2, -0.15) is 10.1 Å². The van der Waals surface area contributed by atoms with Crippen molar-refractivity contribution in [3.8, 4) is 5.69 Å². The lowest BCUT2D eigenvalue weighted by molar-refractivity contribution is 0.701. The van der Waals surface area contributed by atoms with Crippen LogP contribution < -0.4 is 10.5 Å². The molecule has 2 aromatic heterocycles. The van der Waals surface area contributed by atoms with Crippen molar-refractivity contribution < 1.29 is 0 Å². The second-order valence-corrected chi connectivity index (χ2v) is 7.30. The third kappa shape index (κ3) is 2.77. The van der Waals surface area contributed by atoms with Crippen molar-refractivity contribution in [1.29, 1.82) is 0 Å². The van der Waals surface area contributed by atoms with Crippen molar-refractivity contribution >= 4 is 28.6 Å². The van der Waals surface area contributed by atoms with Gasteiger partial charge in [0.2, 0.25) is 5.95 Å². The molecule has 1 fully saturated rings. The van der Waals surface area contributed by atoms with Crippen LogP contribution >= 0.6 is 11.6 Å². The van der Waals surface area contributed by atoms with E-state index in [1.807, 2.05) is 54.6 Å². The molecule has 0 radical (unpaired) electrons. The van der Waals surface area contributed by atoms with Crippen molar-refractivity contribution in [3.05, 3.63) is 81.7 Å². The summed E-state index contributed by atoms with van der Waals surface area (Å²) in [6.45, 7) is 0.809. The maximum absolute atomic E-state index is 12.7. The second kappa shape index (κ2) is 6.80. The molecule has 1 N–H and O–H groups in total. The molecule has 0 saturated carbocycles. The van der Waals surface area contributed by atoms with Gasteiger partial charge in [-0.3, -0.25) is 9.78 Å². The van der Waals surface area contributed by atoms with Crippen LogP contribution in [0.15, 0.2) is 65.6 Å². The Balaban J connectivity index is 1.63. The molecule has 7 heteroatoms. The fraction of sp³-hybridized carbons (Fsp3) is 0.190. The molecule has 2 aromatic carbocycles. The molecule has 3 heterocycles. The Bertz CT molecular complexity index is 1200. The molecule has 0 aliphatic carbocycles. The van der Waals surface area contributed by atoms with E-state index in [-0.39, 0.29) is 11.6 Å². The monoisotopic (exact) mass is 391 g/mol. The minimum atomic E-state index is -0.188. The number of H-pyrrole nitrogens is 1. The number of nitrogens with zero attached hydrogens (tertiary/aromatic N) is 4. The highest BCUT2D eigenvalue weighted by Gasteiger charge is 2.30. The van der Waals surface area contributed by atoms with E-state index in [2.05, 4.69) is 15.0 Å². The zero-order chi connectivity index (χ0) is 19.1. The summed E-state index contributed by atoms with van der Waals surface area (Å²) in [6, 6.07) is 17.6. The van der Waals surface area contributed by atoms with Crippen LogP contribution in [0, 0.1) is 0 Å². The molecule has 0 bridgehead atoms. The number of hydrogen-bond donors (Lipinski definition) is 1. The first-order valence-corrected chi connectivity index (χ1v) is 9.65. The molecule has 4 aromatic rings. The summed E-state index contributed by atoms with van der Waals surface area (Å²) in [6.07, 6.45) is 3.53. The molecule has 6 nitrogen and oxygen atoms in total. The van der Waals surface area contributed by atoms with Crippen LogP contribution in [0.2, 0.25) is 5.02 Å². The number of hydrogen-bond acceptors (Lipinski definition) is 4. The van der Waals surface area contributed by atoms with Gasteiger partial charge >= 0.3 is 0 Å². The minimum absolute atomic E-state index is 0.0856. The van der Waals surface area contributed by atoms with Crippen LogP contribution in [-0.4, -0.2) is 26.3 Å². The van der Waals surface area contributed by atoms with Crippen molar-refractivity contribution in [2.45, 2.75) is 18.9 Å². The number of rotatable bonds is 3. The fourth-order valence-corrected chi connectivity index (χ4v) is 4.15. The molecule has 1 unspecified atom stereocenters. The summed E-state index contributed by atoms with van der Waals surface area (Å²) in [4.78, 5) is 22.6. The summed E-state index contributed by atoms with van der Waals surface area (Å²) >= 11 is 6.44. The lowest BCUT2D eigenvalue weighted by atomic mass is 10.0. The summed E-state index contributed by atoms with van der Waals surface area (Å²) in [7, 11) is 0.